The van der Waals surface area contributed by atoms with Crippen LogP contribution in [0.15, 0.2) is 24.3 Å². The third kappa shape index (κ3) is 4.13. The van der Waals surface area contributed by atoms with Crippen LogP contribution in [0.1, 0.15) is 26.2 Å². The molecule has 3 N–H and O–H groups in total. The van der Waals surface area contributed by atoms with Crippen LogP contribution < -0.4 is 20.5 Å². The number of nitrogens with one attached hydrogen (secondary N) is 1. The first-order chi connectivity index (χ1) is 9.69. The Balaban J connectivity index is 1.74. The molecule has 0 bridgehead atoms. The lowest BCUT2D eigenvalue weighted by Crippen LogP contribution is -2.42. The molecule has 20 heavy (non-hydrogen) atoms. The van der Waals surface area contributed by atoms with Crippen LogP contribution >= 0.6 is 0 Å². The number of ether oxygens (including phenoxy) is 2. The minimum atomic E-state index is -0.156. The van der Waals surface area contributed by atoms with E-state index in [1.165, 1.54) is 0 Å². The van der Waals surface area contributed by atoms with Crippen LogP contribution in [-0.4, -0.2) is 31.2 Å². The molecule has 1 heterocycles. The maximum Gasteiger partial charge on any atom is 0.221 e. The zero-order chi connectivity index (χ0) is 14.4. The van der Waals surface area contributed by atoms with Crippen molar-refractivity contribution in [1.29, 1.82) is 0 Å². The molecule has 2 rings (SSSR count). The number of fused-ring (bicyclic) bond motifs is 1. The van der Waals surface area contributed by atoms with Crippen molar-refractivity contribution in [2.24, 2.45) is 5.73 Å². The van der Waals surface area contributed by atoms with Crippen molar-refractivity contribution in [2.45, 2.75) is 38.3 Å². The van der Waals surface area contributed by atoms with Crippen molar-refractivity contribution in [3.05, 3.63) is 24.3 Å². The molecule has 0 aromatic heterocycles. The number of hydrogen-bond donors (Lipinski definition) is 2. The van der Waals surface area contributed by atoms with Crippen molar-refractivity contribution in [2.75, 3.05) is 13.2 Å². The Labute approximate surface area is 119 Å². The molecule has 0 spiro atoms. The van der Waals surface area contributed by atoms with E-state index in [1.807, 2.05) is 24.3 Å². The second kappa shape index (κ2) is 7.14. The van der Waals surface area contributed by atoms with Crippen LogP contribution in [-0.2, 0) is 4.79 Å². The molecule has 2 atom stereocenters. The van der Waals surface area contributed by atoms with Gasteiger partial charge in [-0.1, -0.05) is 25.5 Å². The number of carbonyl (C=O) groups is 1. The summed E-state index contributed by atoms with van der Waals surface area (Å²) in [5.41, 5.74) is 5.84. The Bertz CT molecular complexity index is 450. The SMILES string of the molecule is CCCC(N)CC(=O)NCC1COc2ccccc2O1. The Morgan fingerprint density at radius 3 is 2.95 bits per heavy atom. The van der Waals surface area contributed by atoms with Gasteiger partial charge in [0.25, 0.3) is 0 Å². The number of carbonyl (C=O) groups excluding carboxylic acids is 1. The van der Waals surface area contributed by atoms with Gasteiger partial charge < -0.3 is 20.5 Å². The van der Waals surface area contributed by atoms with E-state index in [4.69, 9.17) is 15.2 Å². The topological polar surface area (TPSA) is 73.6 Å². The summed E-state index contributed by atoms with van der Waals surface area (Å²) in [6, 6.07) is 7.46. The second-order valence-corrected chi connectivity index (χ2v) is 5.05. The standard InChI is InChI=1S/C15H22N2O3/c1-2-5-11(16)8-15(18)17-9-12-10-19-13-6-3-4-7-14(13)20-12/h3-4,6-7,11-12H,2,5,8-10,16H2,1H3,(H,17,18). The van der Waals surface area contributed by atoms with Crippen LogP contribution in [0, 0.1) is 0 Å². The third-order valence-corrected chi connectivity index (χ3v) is 3.20. The van der Waals surface area contributed by atoms with E-state index in [-0.39, 0.29) is 18.1 Å². The van der Waals surface area contributed by atoms with Gasteiger partial charge >= 0.3 is 0 Å². The molecular weight excluding hydrogens is 256 g/mol. The van der Waals surface area contributed by atoms with Gasteiger partial charge in [0.1, 0.15) is 12.7 Å². The Hall–Kier alpha value is -1.75. The summed E-state index contributed by atoms with van der Waals surface area (Å²) in [6.07, 6.45) is 2.06. The summed E-state index contributed by atoms with van der Waals surface area (Å²) >= 11 is 0. The normalized spacial score (nSPS) is 18.4. The highest BCUT2D eigenvalue weighted by Gasteiger charge is 2.21. The van der Waals surface area contributed by atoms with E-state index in [2.05, 4.69) is 12.2 Å². The molecule has 5 heteroatoms. The monoisotopic (exact) mass is 278 g/mol. The molecule has 0 radical (unpaired) electrons. The van der Waals surface area contributed by atoms with Crippen molar-refractivity contribution >= 4 is 5.91 Å². The molecule has 1 amide bonds. The lowest BCUT2D eigenvalue weighted by Gasteiger charge is -2.26. The Morgan fingerprint density at radius 1 is 1.45 bits per heavy atom. The minimum absolute atomic E-state index is 0.0339. The van der Waals surface area contributed by atoms with Gasteiger partial charge in [-0.15, -0.1) is 0 Å². The van der Waals surface area contributed by atoms with Gasteiger partial charge in [-0.2, -0.15) is 0 Å². The number of rotatable bonds is 6. The van der Waals surface area contributed by atoms with Gasteiger partial charge in [0, 0.05) is 12.5 Å². The maximum absolute atomic E-state index is 11.7. The summed E-state index contributed by atoms with van der Waals surface area (Å²) in [5.74, 6) is 1.44. The van der Waals surface area contributed by atoms with Gasteiger partial charge in [-0.25, -0.2) is 0 Å². The lowest BCUT2D eigenvalue weighted by molar-refractivity contribution is -0.121. The number of amides is 1. The largest absolute Gasteiger partial charge is 0.486 e. The second-order valence-electron chi connectivity index (χ2n) is 5.05. The average Bonchev–Trinajstić information content (AvgIpc) is 2.45. The van der Waals surface area contributed by atoms with Crippen molar-refractivity contribution in [1.82, 2.24) is 5.32 Å². The van der Waals surface area contributed by atoms with Gasteiger partial charge in [-0.05, 0) is 18.6 Å². The molecule has 0 saturated carbocycles. The highest BCUT2D eigenvalue weighted by molar-refractivity contribution is 5.76. The maximum atomic E-state index is 11.7. The molecule has 0 aliphatic carbocycles. The molecule has 1 aliphatic heterocycles. The number of para-hydroxylation sites is 2. The molecule has 0 saturated heterocycles. The summed E-state index contributed by atoms with van der Waals surface area (Å²) in [6.45, 7) is 2.94. The zero-order valence-electron chi connectivity index (χ0n) is 11.8. The van der Waals surface area contributed by atoms with E-state index in [9.17, 15) is 4.79 Å². The Kier molecular flexibility index (Phi) is 5.24. The first-order valence-corrected chi connectivity index (χ1v) is 7.09. The summed E-state index contributed by atoms with van der Waals surface area (Å²) < 4.78 is 11.4. The highest BCUT2D eigenvalue weighted by atomic mass is 16.6. The summed E-state index contributed by atoms with van der Waals surface area (Å²) in [7, 11) is 0. The van der Waals surface area contributed by atoms with Crippen molar-refractivity contribution in [3.8, 4) is 11.5 Å². The summed E-state index contributed by atoms with van der Waals surface area (Å²) in [4.78, 5) is 11.7. The van der Waals surface area contributed by atoms with Crippen molar-refractivity contribution in [3.63, 3.8) is 0 Å². The number of hydrogen-bond acceptors (Lipinski definition) is 4. The van der Waals surface area contributed by atoms with Crippen molar-refractivity contribution < 1.29 is 14.3 Å². The molecular formula is C15H22N2O3. The first kappa shape index (κ1) is 14.7. The number of benzene rings is 1. The predicted molar refractivity (Wildman–Crippen MR) is 76.9 cm³/mol. The lowest BCUT2D eigenvalue weighted by atomic mass is 10.1. The summed E-state index contributed by atoms with van der Waals surface area (Å²) in [5, 5.41) is 2.85. The van der Waals surface area contributed by atoms with Gasteiger partial charge in [0.05, 0.1) is 6.54 Å². The van der Waals surface area contributed by atoms with E-state index < -0.39 is 0 Å². The van der Waals surface area contributed by atoms with Crippen LogP contribution in [0.3, 0.4) is 0 Å². The van der Waals surface area contributed by atoms with E-state index in [0.29, 0.717) is 19.6 Å². The quantitative estimate of drug-likeness (QED) is 0.826. The Morgan fingerprint density at radius 2 is 2.20 bits per heavy atom. The first-order valence-electron chi connectivity index (χ1n) is 7.09. The average molecular weight is 278 g/mol. The van der Waals surface area contributed by atoms with E-state index in [1.54, 1.807) is 0 Å². The van der Waals surface area contributed by atoms with Crippen LogP contribution in [0.2, 0.25) is 0 Å². The molecule has 1 aliphatic rings. The van der Waals surface area contributed by atoms with Crippen LogP contribution in [0.5, 0.6) is 11.5 Å². The molecule has 5 nitrogen and oxygen atoms in total. The molecule has 1 aromatic rings. The highest BCUT2D eigenvalue weighted by Crippen LogP contribution is 2.30. The minimum Gasteiger partial charge on any atom is -0.486 e. The predicted octanol–water partition coefficient (Wildman–Crippen LogP) is 1.46. The smallest absolute Gasteiger partial charge is 0.221 e. The third-order valence-electron chi connectivity index (χ3n) is 3.20. The van der Waals surface area contributed by atoms with Gasteiger partial charge in [0.15, 0.2) is 11.5 Å². The molecule has 2 unspecified atom stereocenters. The fourth-order valence-electron chi connectivity index (χ4n) is 2.17. The number of nitrogens with two attached hydrogens (primary N) is 1. The zero-order valence-corrected chi connectivity index (χ0v) is 11.8. The fraction of sp³-hybridized carbons (Fsp3) is 0.533. The van der Waals surface area contributed by atoms with E-state index in [0.717, 1.165) is 24.3 Å². The molecule has 0 fully saturated rings. The van der Waals surface area contributed by atoms with Crippen LogP contribution in [0.4, 0.5) is 0 Å². The van der Waals surface area contributed by atoms with E-state index >= 15 is 0 Å². The van der Waals surface area contributed by atoms with Gasteiger partial charge in [-0.3, -0.25) is 4.79 Å². The fourth-order valence-corrected chi connectivity index (χ4v) is 2.17. The van der Waals surface area contributed by atoms with Gasteiger partial charge in [0.2, 0.25) is 5.91 Å². The molecule has 110 valence electrons. The molecule has 1 aromatic carbocycles. The van der Waals surface area contributed by atoms with Crippen LogP contribution in [0.25, 0.3) is 0 Å².